The summed E-state index contributed by atoms with van der Waals surface area (Å²) >= 11 is 5.43. The second kappa shape index (κ2) is 9.99. The quantitative estimate of drug-likeness (QED) is 0.525. The Balaban J connectivity index is 2.36. The largest absolute Gasteiger partial charge is 0.309 e. The highest BCUT2D eigenvalue weighted by Gasteiger charge is 2.12. The monoisotopic (exact) mass is 331 g/mol. The smallest absolute Gasteiger partial charge is 0.0701 e. The molecule has 104 valence electrons. The van der Waals surface area contributed by atoms with Gasteiger partial charge in [0.05, 0.1) is 3.79 Å². The summed E-state index contributed by atoms with van der Waals surface area (Å²) < 4.78 is 1.24. The van der Waals surface area contributed by atoms with Gasteiger partial charge in [-0.25, -0.2) is 0 Å². The zero-order valence-electron chi connectivity index (χ0n) is 11.7. The summed E-state index contributed by atoms with van der Waals surface area (Å²) in [6, 6.07) is 4.98. The van der Waals surface area contributed by atoms with Gasteiger partial charge >= 0.3 is 0 Å². The summed E-state index contributed by atoms with van der Waals surface area (Å²) in [5, 5.41) is 3.68. The number of hydrogen-bond donors (Lipinski definition) is 1. The highest BCUT2D eigenvalue weighted by Crippen LogP contribution is 2.30. The molecule has 1 rings (SSSR count). The van der Waals surface area contributed by atoms with Crippen LogP contribution in [0.2, 0.25) is 0 Å². The Morgan fingerprint density at radius 1 is 1.11 bits per heavy atom. The van der Waals surface area contributed by atoms with Gasteiger partial charge in [0.2, 0.25) is 0 Å². The van der Waals surface area contributed by atoms with Crippen LogP contribution in [-0.4, -0.2) is 6.54 Å². The maximum atomic E-state index is 3.68. The third-order valence-electron chi connectivity index (χ3n) is 3.17. The van der Waals surface area contributed by atoms with Crippen molar-refractivity contribution in [2.75, 3.05) is 6.54 Å². The Kier molecular flexibility index (Phi) is 8.99. The number of thiophene rings is 1. The molecule has 0 amide bonds. The molecule has 1 unspecified atom stereocenters. The van der Waals surface area contributed by atoms with E-state index in [0.717, 1.165) is 6.54 Å². The molecule has 1 nitrogen and oxygen atoms in total. The fourth-order valence-corrected chi connectivity index (χ4v) is 3.66. The SMILES string of the molecule is CCCCCCCC(NCCC)c1ccc(Br)s1. The summed E-state index contributed by atoms with van der Waals surface area (Å²) in [5.74, 6) is 0. The van der Waals surface area contributed by atoms with E-state index in [4.69, 9.17) is 0 Å². The Morgan fingerprint density at radius 3 is 2.50 bits per heavy atom. The van der Waals surface area contributed by atoms with Gasteiger partial charge < -0.3 is 5.32 Å². The van der Waals surface area contributed by atoms with Gasteiger partial charge in [0, 0.05) is 10.9 Å². The van der Waals surface area contributed by atoms with Crippen LogP contribution in [0.1, 0.15) is 69.7 Å². The Hall–Kier alpha value is 0.140. The molecule has 0 spiro atoms. The molecule has 1 atom stereocenters. The maximum absolute atomic E-state index is 3.68. The van der Waals surface area contributed by atoms with Crippen molar-refractivity contribution < 1.29 is 0 Å². The molecule has 3 heteroatoms. The van der Waals surface area contributed by atoms with Crippen LogP contribution in [0.25, 0.3) is 0 Å². The molecule has 0 aromatic carbocycles. The molecule has 0 aliphatic heterocycles. The second-order valence-electron chi connectivity index (χ2n) is 4.85. The predicted molar refractivity (Wildman–Crippen MR) is 86.4 cm³/mol. The van der Waals surface area contributed by atoms with Crippen molar-refractivity contribution in [3.63, 3.8) is 0 Å². The van der Waals surface area contributed by atoms with Crippen LogP contribution >= 0.6 is 27.3 Å². The van der Waals surface area contributed by atoms with Crippen molar-refractivity contribution in [2.45, 2.75) is 64.8 Å². The summed E-state index contributed by atoms with van der Waals surface area (Å²) in [6.45, 7) is 5.62. The molecular weight excluding hydrogens is 306 g/mol. The molecule has 1 aromatic heterocycles. The minimum Gasteiger partial charge on any atom is -0.309 e. The number of unbranched alkanes of at least 4 members (excludes halogenated alkanes) is 4. The first-order valence-corrected chi connectivity index (χ1v) is 8.87. The minimum absolute atomic E-state index is 0.558. The van der Waals surface area contributed by atoms with Gasteiger partial charge in [-0.05, 0) is 47.4 Å². The van der Waals surface area contributed by atoms with E-state index in [0.29, 0.717) is 6.04 Å². The van der Waals surface area contributed by atoms with E-state index >= 15 is 0 Å². The third-order valence-corrected chi connectivity index (χ3v) is 4.91. The first-order valence-electron chi connectivity index (χ1n) is 7.26. The number of halogens is 1. The van der Waals surface area contributed by atoms with E-state index in [1.54, 1.807) is 0 Å². The van der Waals surface area contributed by atoms with Crippen LogP contribution in [0.4, 0.5) is 0 Å². The zero-order valence-corrected chi connectivity index (χ0v) is 14.1. The first kappa shape index (κ1) is 16.2. The lowest BCUT2D eigenvalue weighted by Crippen LogP contribution is -2.21. The van der Waals surface area contributed by atoms with Gasteiger partial charge in [0.15, 0.2) is 0 Å². The highest BCUT2D eigenvalue weighted by atomic mass is 79.9. The van der Waals surface area contributed by atoms with E-state index in [1.807, 2.05) is 11.3 Å². The molecule has 1 N–H and O–H groups in total. The molecule has 0 fully saturated rings. The van der Waals surface area contributed by atoms with Gasteiger partial charge in [-0.1, -0.05) is 46.0 Å². The molecule has 0 aliphatic rings. The van der Waals surface area contributed by atoms with Crippen molar-refractivity contribution in [3.8, 4) is 0 Å². The van der Waals surface area contributed by atoms with E-state index in [2.05, 4.69) is 47.2 Å². The van der Waals surface area contributed by atoms with Crippen LogP contribution in [-0.2, 0) is 0 Å². The van der Waals surface area contributed by atoms with Gasteiger partial charge in [0.1, 0.15) is 0 Å². The third kappa shape index (κ3) is 6.35. The minimum atomic E-state index is 0.558. The van der Waals surface area contributed by atoms with Gasteiger partial charge in [-0.15, -0.1) is 11.3 Å². The van der Waals surface area contributed by atoms with Crippen molar-refractivity contribution in [2.24, 2.45) is 0 Å². The topological polar surface area (TPSA) is 12.0 Å². The van der Waals surface area contributed by atoms with Crippen LogP contribution < -0.4 is 5.32 Å². The average Bonchev–Trinajstić information content (AvgIpc) is 2.79. The van der Waals surface area contributed by atoms with Crippen LogP contribution in [0, 0.1) is 0 Å². The standard InChI is InChI=1S/C15H26BrNS/c1-3-5-6-7-8-9-13(17-12-4-2)14-10-11-15(16)18-14/h10-11,13,17H,3-9,12H2,1-2H3. The van der Waals surface area contributed by atoms with E-state index in [-0.39, 0.29) is 0 Å². The predicted octanol–water partition coefficient (Wildman–Crippen LogP) is 5.91. The van der Waals surface area contributed by atoms with Gasteiger partial charge in [-0.2, -0.15) is 0 Å². The summed E-state index contributed by atoms with van der Waals surface area (Å²) in [4.78, 5) is 1.48. The second-order valence-corrected chi connectivity index (χ2v) is 7.35. The first-order chi connectivity index (χ1) is 8.77. The molecule has 0 radical (unpaired) electrons. The Morgan fingerprint density at radius 2 is 1.89 bits per heavy atom. The Labute approximate surface area is 125 Å². The normalized spacial score (nSPS) is 12.8. The van der Waals surface area contributed by atoms with Crippen LogP contribution in [0.5, 0.6) is 0 Å². The highest BCUT2D eigenvalue weighted by molar-refractivity contribution is 9.11. The lowest BCUT2D eigenvalue weighted by atomic mass is 10.1. The molecule has 0 saturated carbocycles. The lowest BCUT2D eigenvalue weighted by molar-refractivity contribution is 0.473. The molecule has 18 heavy (non-hydrogen) atoms. The van der Waals surface area contributed by atoms with Crippen LogP contribution in [0.15, 0.2) is 15.9 Å². The lowest BCUT2D eigenvalue weighted by Gasteiger charge is -2.17. The van der Waals surface area contributed by atoms with Crippen molar-refractivity contribution in [3.05, 3.63) is 20.8 Å². The van der Waals surface area contributed by atoms with E-state index in [9.17, 15) is 0 Å². The molecule has 0 bridgehead atoms. The fraction of sp³-hybridized carbons (Fsp3) is 0.733. The molecular formula is C15H26BrNS. The number of rotatable bonds is 10. The Bertz CT molecular complexity index is 311. The fourth-order valence-electron chi connectivity index (χ4n) is 2.13. The van der Waals surface area contributed by atoms with Crippen molar-refractivity contribution >= 4 is 27.3 Å². The van der Waals surface area contributed by atoms with Crippen molar-refractivity contribution in [1.82, 2.24) is 5.32 Å². The molecule has 1 heterocycles. The van der Waals surface area contributed by atoms with E-state index < -0.39 is 0 Å². The summed E-state index contributed by atoms with van der Waals surface area (Å²) in [6.07, 6.45) is 9.31. The number of nitrogens with one attached hydrogen (secondary N) is 1. The van der Waals surface area contributed by atoms with Gasteiger partial charge in [0.25, 0.3) is 0 Å². The van der Waals surface area contributed by atoms with Gasteiger partial charge in [-0.3, -0.25) is 0 Å². The molecule has 0 aliphatic carbocycles. The van der Waals surface area contributed by atoms with Crippen molar-refractivity contribution in [1.29, 1.82) is 0 Å². The van der Waals surface area contributed by atoms with E-state index in [1.165, 1.54) is 53.6 Å². The summed E-state index contributed by atoms with van der Waals surface area (Å²) in [5.41, 5.74) is 0. The molecule has 0 saturated heterocycles. The van der Waals surface area contributed by atoms with Crippen LogP contribution in [0.3, 0.4) is 0 Å². The number of hydrogen-bond acceptors (Lipinski definition) is 2. The average molecular weight is 332 g/mol. The summed E-state index contributed by atoms with van der Waals surface area (Å²) in [7, 11) is 0. The molecule has 1 aromatic rings. The zero-order chi connectivity index (χ0) is 13.2. The maximum Gasteiger partial charge on any atom is 0.0701 e.